The van der Waals surface area contributed by atoms with Gasteiger partial charge in [0.15, 0.2) is 0 Å². The summed E-state index contributed by atoms with van der Waals surface area (Å²) in [6.45, 7) is 4.35. The standard InChI is InChI=1S/C19H23ClN4O3/c1-11-14(15-8-13(20)4-5-16(15)22-11)9-18(26)24-7-6-23(12(2)25)10-17(24)19(27)21-3/h4-5,8,17,22H,6-7,9-10H2,1-3H3,(H,21,27). The van der Waals surface area contributed by atoms with Gasteiger partial charge in [-0.05, 0) is 30.7 Å². The maximum absolute atomic E-state index is 13.0. The van der Waals surface area contributed by atoms with Crippen LogP contribution in [0.15, 0.2) is 18.2 Å². The Hall–Kier alpha value is -2.54. The molecule has 1 aromatic carbocycles. The van der Waals surface area contributed by atoms with Crippen molar-refractivity contribution in [3.05, 3.63) is 34.5 Å². The molecule has 27 heavy (non-hydrogen) atoms. The minimum Gasteiger partial charge on any atom is -0.358 e. The van der Waals surface area contributed by atoms with Crippen molar-refractivity contribution < 1.29 is 14.4 Å². The van der Waals surface area contributed by atoms with Crippen molar-refractivity contribution in [2.75, 3.05) is 26.7 Å². The number of carbonyl (C=O) groups excluding carboxylic acids is 3. The van der Waals surface area contributed by atoms with E-state index in [4.69, 9.17) is 11.6 Å². The Kier molecular flexibility index (Phi) is 5.41. The molecular formula is C19H23ClN4O3. The van der Waals surface area contributed by atoms with E-state index in [9.17, 15) is 14.4 Å². The summed E-state index contributed by atoms with van der Waals surface area (Å²) in [5, 5.41) is 4.11. The molecule has 3 amide bonds. The Morgan fingerprint density at radius 2 is 2.04 bits per heavy atom. The number of amides is 3. The smallest absolute Gasteiger partial charge is 0.244 e. The van der Waals surface area contributed by atoms with Gasteiger partial charge in [0.1, 0.15) is 6.04 Å². The van der Waals surface area contributed by atoms with Crippen LogP contribution in [0, 0.1) is 6.92 Å². The Labute approximate surface area is 162 Å². The first-order chi connectivity index (χ1) is 12.8. The van der Waals surface area contributed by atoms with Crippen LogP contribution in [0.4, 0.5) is 0 Å². The fourth-order valence-electron chi connectivity index (χ4n) is 3.59. The number of hydrogen-bond acceptors (Lipinski definition) is 3. The molecule has 144 valence electrons. The van der Waals surface area contributed by atoms with Crippen LogP contribution in [-0.2, 0) is 20.8 Å². The second-order valence-electron chi connectivity index (χ2n) is 6.78. The third-order valence-corrected chi connectivity index (χ3v) is 5.34. The third-order valence-electron chi connectivity index (χ3n) is 5.10. The van der Waals surface area contributed by atoms with E-state index in [1.165, 1.54) is 14.0 Å². The van der Waals surface area contributed by atoms with Crippen LogP contribution in [0.2, 0.25) is 5.02 Å². The SMILES string of the molecule is CNC(=O)C1CN(C(C)=O)CCN1C(=O)Cc1c(C)[nH]c2ccc(Cl)cc12. The van der Waals surface area contributed by atoms with Gasteiger partial charge in [-0.1, -0.05) is 11.6 Å². The molecule has 2 N–H and O–H groups in total. The fourth-order valence-corrected chi connectivity index (χ4v) is 3.77. The van der Waals surface area contributed by atoms with Crippen molar-refractivity contribution in [3.63, 3.8) is 0 Å². The lowest BCUT2D eigenvalue weighted by molar-refractivity contribution is -0.147. The molecule has 0 aliphatic carbocycles. The number of aromatic nitrogens is 1. The number of nitrogens with one attached hydrogen (secondary N) is 2. The first-order valence-corrected chi connectivity index (χ1v) is 9.23. The average Bonchev–Trinajstić information content (AvgIpc) is 2.95. The van der Waals surface area contributed by atoms with Crippen molar-refractivity contribution in [3.8, 4) is 0 Å². The van der Waals surface area contributed by atoms with Crippen molar-refractivity contribution in [2.24, 2.45) is 0 Å². The number of H-pyrrole nitrogens is 1. The minimum absolute atomic E-state index is 0.0990. The van der Waals surface area contributed by atoms with Crippen LogP contribution in [0.25, 0.3) is 10.9 Å². The maximum Gasteiger partial charge on any atom is 0.244 e. The predicted molar refractivity (Wildman–Crippen MR) is 104 cm³/mol. The van der Waals surface area contributed by atoms with Crippen molar-refractivity contribution in [2.45, 2.75) is 26.3 Å². The molecule has 2 heterocycles. The Morgan fingerprint density at radius 3 is 2.70 bits per heavy atom. The molecule has 3 rings (SSSR count). The van der Waals surface area contributed by atoms with Gasteiger partial charge in [-0.25, -0.2) is 0 Å². The number of rotatable bonds is 3. The number of fused-ring (bicyclic) bond motifs is 1. The lowest BCUT2D eigenvalue weighted by Crippen LogP contribution is -2.61. The summed E-state index contributed by atoms with van der Waals surface area (Å²) in [6.07, 6.45) is 0.166. The Bertz CT molecular complexity index is 908. The number of aryl methyl sites for hydroxylation is 1. The van der Waals surface area contributed by atoms with E-state index in [2.05, 4.69) is 10.3 Å². The highest BCUT2D eigenvalue weighted by Crippen LogP contribution is 2.26. The van der Waals surface area contributed by atoms with E-state index in [0.717, 1.165) is 22.2 Å². The van der Waals surface area contributed by atoms with Crippen molar-refractivity contribution >= 4 is 40.2 Å². The van der Waals surface area contributed by atoms with Crippen LogP contribution in [0.3, 0.4) is 0 Å². The molecular weight excluding hydrogens is 368 g/mol. The number of piperazine rings is 1. The molecule has 8 heteroatoms. The van der Waals surface area contributed by atoms with Gasteiger partial charge in [0.25, 0.3) is 0 Å². The van der Waals surface area contributed by atoms with Gasteiger partial charge < -0.3 is 20.1 Å². The molecule has 1 fully saturated rings. The number of nitrogens with zero attached hydrogens (tertiary/aromatic N) is 2. The highest BCUT2D eigenvalue weighted by atomic mass is 35.5. The fraction of sp³-hybridized carbons (Fsp3) is 0.421. The van der Waals surface area contributed by atoms with Gasteiger partial charge in [-0.2, -0.15) is 0 Å². The summed E-state index contributed by atoms with van der Waals surface area (Å²) in [6, 6.07) is 4.84. The van der Waals surface area contributed by atoms with E-state index >= 15 is 0 Å². The maximum atomic E-state index is 13.0. The molecule has 1 aromatic heterocycles. The second kappa shape index (κ2) is 7.60. The van der Waals surface area contributed by atoms with Gasteiger partial charge in [0.2, 0.25) is 17.7 Å². The number of aromatic amines is 1. The lowest BCUT2D eigenvalue weighted by atomic mass is 10.0. The third kappa shape index (κ3) is 3.78. The quantitative estimate of drug-likeness (QED) is 0.832. The molecule has 0 radical (unpaired) electrons. The van der Waals surface area contributed by atoms with Gasteiger partial charge in [0.05, 0.1) is 13.0 Å². The van der Waals surface area contributed by atoms with Gasteiger partial charge in [0, 0.05) is 48.7 Å². The first kappa shape index (κ1) is 19.2. The molecule has 0 bridgehead atoms. The molecule has 1 atom stereocenters. The summed E-state index contributed by atoms with van der Waals surface area (Å²) in [4.78, 5) is 43.5. The first-order valence-electron chi connectivity index (χ1n) is 8.85. The lowest BCUT2D eigenvalue weighted by Gasteiger charge is -2.40. The topological polar surface area (TPSA) is 85.5 Å². The monoisotopic (exact) mass is 390 g/mol. The van der Waals surface area contributed by atoms with Gasteiger partial charge >= 0.3 is 0 Å². The molecule has 0 spiro atoms. The molecule has 1 aliphatic rings. The number of hydrogen-bond donors (Lipinski definition) is 2. The van der Waals surface area contributed by atoms with Crippen LogP contribution in [-0.4, -0.2) is 65.2 Å². The number of likely N-dealkylation sites (N-methyl/N-ethyl adjacent to an activating group) is 1. The predicted octanol–water partition coefficient (Wildman–Crippen LogP) is 1.48. The highest BCUT2D eigenvalue weighted by molar-refractivity contribution is 6.31. The van der Waals surface area contributed by atoms with Crippen LogP contribution in [0.5, 0.6) is 0 Å². The molecule has 2 aromatic rings. The zero-order valence-electron chi connectivity index (χ0n) is 15.6. The van der Waals surface area contributed by atoms with E-state index in [-0.39, 0.29) is 30.7 Å². The van der Waals surface area contributed by atoms with Crippen LogP contribution >= 0.6 is 11.6 Å². The largest absolute Gasteiger partial charge is 0.358 e. The molecule has 0 saturated carbocycles. The number of carbonyl (C=O) groups is 3. The number of benzene rings is 1. The molecule has 7 nitrogen and oxygen atoms in total. The van der Waals surface area contributed by atoms with Gasteiger partial charge in [-0.3, -0.25) is 14.4 Å². The molecule has 1 saturated heterocycles. The zero-order valence-corrected chi connectivity index (χ0v) is 16.4. The van der Waals surface area contributed by atoms with Crippen molar-refractivity contribution in [1.82, 2.24) is 20.1 Å². The summed E-state index contributed by atoms with van der Waals surface area (Å²) >= 11 is 6.11. The second-order valence-corrected chi connectivity index (χ2v) is 7.21. The minimum atomic E-state index is -0.686. The number of halogens is 1. The van der Waals surface area contributed by atoms with Crippen LogP contribution < -0.4 is 5.32 Å². The van der Waals surface area contributed by atoms with Gasteiger partial charge in [-0.15, -0.1) is 0 Å². The Morgan fingerprint density at radius 1 is 1.30 bits per heavy atom. The van der Waals surface area contributed by atoms with Crippen molar-refractivity contribution in [1.29, 1.82) is 0 Å². The summed E-state index contributed by atoms with van der Waals surface area (Å²) in [5.74, 6) is -0.512. The van der Waals surface area contributed by atoms with E-state index < -0.39 is 6.04 Å². The highest BCUT2D eigenvalue weighted by Gasteiger charge is 2.35. The summed E-state index contributed by atoms with van der Waals surface area (Å²) < 4.78 is 0. The molecule has 1 aliphatic heterocycles. The zero-order chi connectivity index (χ0) is 19.7. The molecule has 1 unspecified atom stereocenters. The van der Waals surface area contributed by atoms with E-state index in [0.29, 0.717) is 18.1 Å². The average molecular weight is 391 g/mol. The van der Waals surface area contributed by atoms with E-state index in [1.807, 2.05) is 19.1 Å². The Balaban J connectivity index is 1.86. The summed E-state index contributed by atoms with van der Waals surface area (Å²) in [5.41, 5.74) is 2.70. The summed E-state index contributed by atoms with van der Waals surface area (Å²) in [7, 11) is 1.53. The normalized spacial score (nSPS) is 17.3. The van der Waals surface area contributed by atoms with Crippen LogP contribution in [0.1, 0.15) is 18.2 Å². The van der Waals surface area contributed by atoms with E-state index in [1.54, 1.807) is 15.9 Å².